The molecule has 1 nitrogen and oxygen atoms in total. The molecule has 0 bridgehead atoms. The smallest absolute Gasteiger partial charge is 0.0467 e. The van der Waals surface area contributed by atoms with Crippen LogP contribution in [0.2, 0.25) is 0 Å². The highest BCUT2D eigenvalue weighted by molar-refractivity contribution is 14.1. The van der Waals surface area contributed by atoms with E-state index in [0.29, 0.717) is 0 Å². The molecule has 0 atom stereocenters. The van der Waals surface area contributed by atoms with Crippen molar-refractivity contribution in [1.82, 2.24) is 4.98 Å². The van der Waals surface area contributed by atoms with Crippen LogP contribution in [-0.4, -0.2) is 4.98 Å². The van der Waals surface area contributed by atoms with E-state index in [0.717, 1.165) is 12.0 Å². The Labute approximate surface area is 94.6 Å². The first-order valence-electron chi connectivity index (χ1n) is 4.34. The first-order valence-corrected chi connectivity index (χ1v) is 5.42. The molecule has 2 radical (unpaired) electrons. The highest BCUT2D eigenvalue weighted by atomic mass is 127. The summed E-state index contributed by atoms with van der Waals surface area (Å²) in [6, 6.07) is 4.15. The minimum atomic E-state index is 0. The van der Waals surface area contributed by atoms with Gasteiger partial charge in [0.05, 0.1) is 0 Å². The SMILES string of the molecule is [CH2]c1ccc2[nH]cc(CC)c2c1I.[HH].[H]. The number of benzene rings is 1. The zero-order valence-electron chi connectivity index (χ0n) is 8.52. The highest BCUT2D eigenvalue weighted by Crippen LogP contribution is 2.26. The summed E-state index contributed by atoms with van der Waals surface area (Å²) >= 11 is 2.37. The Kier molecular flexibility index (Phi) is 2.32. The first-order chi connectivity index (χ1) is 6.24. The predicted molar refractivity (Wildman–Crippen MR) is 68.1 cm³/mol. The molecule has 0 aliphatic rings. The summed E-state index contributed by atoms with van der Waals surface area (Å²) in [6.07, 6.45) is 3.16. The second kappa shape index (κ2) is 3.33. The van der Waals surface area contributed by atoms with E-state index in [2.05, 4.69) is 59.8 Å². The fourth-order valence-corrected chi connectivity index (χ4v) is 2.39. The van der Waals surface area contributed by atoms with Crippen LogP contribution in [0, 0.1) is 10.5 Å². The van der Waals surface area contributed by atoms with Crippen LogP contribution < -0.4 is 0 Å². The number of hydrogen-bond acceptors (Lipinski definition) is 0. The van der Waals surface area contributed by atoms with Crippen LogP contribution in [0.5, 0.6) is 0 Å². The maximum Gasteiger partial charge on any atom is 0.0467 e. The molecule has 0 aliphatic heterocycles. The fourth-order valence-electron chi connectivity index (χ4n) is 1.57. The van der Waals surface area contributed by atoms with Gasteiger partial charge in [-0.15, -0.1) is 0 Å². The number of aryl methyl sites for hydroxylation is 1. The summed E-state index contributed by atoms with van der Waals surface area (Å²) in [5.41, 5.74) is 3.71. The van der Waals surface area contributed by atoms with Crippen LogP contribution in [0.15, 0.2) is 18.3 Å². The van der Waals surface area contributed by atoms with Gasteiger partial charge in [0.1, 0.15) is 0 Å². The average molecular weight is 287 g/mol. The van der Waals surface area contributed by atoms with Crippen molar-refractivity contribution in [1.29, 1.82) is 0 Å². The molecule has 0 saturated carbocycles. The quantitative estimate of drug-likeness (QED) is 0.766. The second-order valence-corrected chi connectivity index (χ2v) is 4.21. The van der Waals surface area contributed by atoms with Gasteiger partial charge in [0, 0.05) is 23.5 Å². The van der Waals surface area contributed by atoms with Gasteiger partial charge < -0.3 is 4.98 Å². The van der Waals surface area contributed by atoms with Crippen molar-refractivity contribution < 1.29 is 2.85 Å². The molecule has 0 spiro atoms. The zero-order valence-corrected chi connectivity index (χ0v) is 9.68. The second-order valence-electron chi connectivity index (χ2n) is 3.13. The Bertz CT molecular complexity index is 451. The molecule has 2 aromatic rings. The number of halogens is 1. The summed E-state index contributed by atoms with van der Waals surface area (Å²) in [6.45, 7) is 6.18. The lowest BCUT2D eigenvalue weighted by Crippen LogP contribution is -1.84. The van der Waals surface area contributed by atoms with E-state index >= 15 is 0 Å². The van der Waals surface area contributed by atoms with Crippen molar-refractivity contribution in [2.75, 3.05) is 0 Å². The fraction of sp³-hybridized carbons (Fsp3) is 0.182. The van der Waals surface area contributed by atoms with Gasteiger partial charge in [0.15, 0.2) is 0 Å². The first kappa shape index (κ1) is 9.06. The molecule has 13 heavy (non-hydrogen) atoms. The minimum Gasteiger partial charge on any atom is -0.361 e. The van der Waals surface area contributed by atoms with Gasteiger partial charge >= 0.3 is 0 Å². The number of H-pyrrole nitrogens is 1. The molecule has 2 heteroatoms. The Hall–Kier alpha value is -0.510. The molecule has 0 saturated heterocycles. The molecule has 1 N–H and O–H groups in total. The topological polar surface area (TPSA) is 15.8 Å². The molecule has 0 unspecified atom stereocenters. The van der Waals surface area contributed by atoms with Gasteiger partial charge in [-0.1, -0.05) is 13.0 Å². The van der Waals surface area contributed by atoms with Crippen molar-refractivity contribution in [3.8, 4) is 0 Å². The standard InChI is InChI=1S/C11H11IN.H2.H/c1-3-8-6-13-9-5-4-7(2)11(12)10(8)9;;/h4-6,13H,2-3H2,1H3;1H;. The molecular weight excluding hydrogens is 273 g/mol. The molecule has 1 aromatic carbocycles. The molecule has 2 rings (SSSR count). The van der Waals surface area contributed by atoms with E-state index in [9.17, 15) is 0 Å². The van der Waals surface area contributed by atoms with E-state index in [1.54, 1.807) is 0 Å². The predicted octanol–water partition coefficient (Wildman–Crippen LogP) is 3.88. The third-order valence-corrected chi connectivity index (χ3v) is 3.56. The van der Waals surface area contributed by atoms with Gasteiger partial charge in [0.25, 0.3) is 0 Å². The van der Waals surface area contributed by atoms with Crippen LogP contribution in [-0.2, 0) is 6.42 Å². The third kappa shape index (κ3) is 1.37. The summed E-state index contributed by atoms with van der Waals surface area (Å²) in [7, 11) is 0. The molecule has 0 amide bonds. The van der Waals surface area contributed by atoms with Crippen molar-refractivity contribution in [2.24, 2.45) is 0 Å². The Morgan fingerprint density at radius 2 is 2.38 bits per heavy atom. The number of aromatic amines is 1. The monoisotopic (exact) mass is 287 g/mol. The van der Waals surface area contributed by atoms with E-state index < -0.39 is 0 Å². The normalized spacial score (nSPS) is 11.0. The maximum atomic E-state index is 4.00. The molecule has 0 fully saturated rings. The van der Waals surface area contributed by atoms with Gasteiger partial charge in [-0.2, -0.15) is 0 Å². The minimum absolute atomic E-state index is 0. The number of hydrogen-bond donors (Lipinski definition) is 1. The van der Waals surface area contributed by atoms with E-state index in [-0.39, 0.29) is 2.85 Å². The van der Waals surface area contributed by atoms with Crippen LogP contribution in [0.4, 0.5) is 0 Å². The zero-order chi connectivity index (χ0) is 9.42. The van der Waals surface area contributed by atoms with Gasteiger partial charge in [0.2, 0.25) is 0 Å². The molecular formula is C11H14IN. The van der Waals surface area contributed by atoms with Crippen molar-refractivity contribution in [3.63, 3.8) is 0 Å². The van der Waals surface area contributed by atoms with Crippen molar-refractivity contribution >= 4 is 33.5 Å². The molecule has 1 aromatic heterocycles. The van der Waals surface area contributed by atoms with Crippen LogP contribution >= 0.6 is 22.6 Å². The lowest BCUT2D eigenvalue weighted by Gasteiger charge is -2.01. The summed E-state index contributed by atoms with van der Waals surface area (Å²) in [5, 5.41) is 1.34. The van der Waals surface area contributed by atoms with Crippen molar-refractivity contribution in [2.45, 2.75) is 13.3 Å². The molecule has 1 heterocycles. The number of nitrogens with one attached hydrogen (secondary N) is 1. The van der Waals surface area contributed by atoms with E-state index in [1.165, 1.54) is 20.0 Å². The van der Waals surface area contributed by atoms with E-state index in [4.69, 9.17) is 0 Å². The molecule has 70 valence electrons. The van der Waals surface area contributed by atoms with Crippen LogP contribution in [0.1, 0.15) is 20.9 Å². The van der Waals surface area contributed by atoms with Crippen LogP contribution in [0.3, 0.4) is 0 Å². The third-order valence-electron chi connectivity index (χ3n) is 2.33. The van der Waals surface area contributed by atoms with Crippen LogP contribution in [0.25, 0.3) is 10.9 Å². The Balaban J connectivity index is 0.000000980. The maximum absolute atomic E-state index is 4.00. The van der Waals surface area contributed by atoms with E-state index in [1.807, 2.05) is 0 Å². The van der Waals surface area contributed by atoms with Gasteiger partial charge in [-0.25, -0.2) is 0 Å². The Morgan fingerprint density at radius 3 is 3.08 bits per heavy atom. The summed E-state index contributed by atoms with van der Waals surface area (Å²) in [4.78, 5) is 3.27. The largest absolute Gasteiger partial charge is 0.361 e. The van der Waals surface area contributed by atoms with Gasteiger partial charge in [-0.3, -0.25) is 0 Å². The highest BCUT2D eigenvalue weighted by Gasteiger charge is 2.06. The lowest BCUT2D eigenvalue weighted by molar-refractivity contribution is 1.15. The summed E-state index contributed by atoms with van der Waals surface area (Å²) < 4.78 is 1.27. The Morgan fingerprint density at radius 1 is 1.62 bits per heavy atom. The summed E-state index contributed by atoms with van der Waals surface area (Å²) in [5.74, 6) is 0. The number of fused-ring (bicyclic) bond motifs is 1. The average Bonchev–Trinajstić information content (AvgIpc) is 2.55. The number of aromatic nitrogens is 1. The van der Waals surface area contributed by atoms with Crippen molar-refractivity contribution in [3.05, 3.63) is 40.0 Å². The number of rotatable bonds is 1. The molecule has 0 aliphatic carbocycles. The lowest BCUT2D eigenvalue weighted by atomic mass is 10.1. The van der Waals surface area contributed by atoms with Gasteiger partial charge in [-0.05, 0) is 53.1 Å².